The molecule has 0 aliphatic carbocycles. The molecular weight excluding hydrogens is 360 g/mol. The molecule has 0 saturated carbocycles. The number of pyridine rings is 1. The van der Waals surface area contributed by atoms with E-state index in [2.05, 4.69) is 27.3 Å². The molecule has 27 heavy (non-hydrogen) atoms. The molecule has 0 bridgehead atoms. The third-order valence-corrected chi connectivity index (χ3v) is 5.11. The molecule has 3 aromatic rings. The standard InChI is InChI=1S/C21H21ClN4O/c22-18-8-6-16(7-9-18)15-25-11-13-26(14-12-25)21(27)24-19-5-1-3-17-4-2-10-23-20(17)19/h1-10H,11-15H2,(H,24,27). The lowest BCUT2D eigenvalue weighted by molar-refractivity contribution is 0.143. The van der Waals surface area contributed by atoms with Crippen LogP contribution in [0.25, 0.3) is 10.9 Å². The van der Waals surface area contributed by atoms with Gasteiger partial charge in [-0.25, -0.2) is 4.79 Å². The van der Waals surface area contributed by atoms with Crippen molar-refractivity contribution in [2.75, 3.05) is 31.5 Å². The highest BCUT2D eigenvalue weighted by Crippen LogP contribution is 2.21. The first-order valence-corrected chi connectivity index (χ1v) is 9.43. The van der Waals surface area contributed by atoms with E-state index in [1.165, 1.54) is 5.56 Å². The average molecular weight is 381 g/mol. The molecule has 1 saturated heterocycles. The molecule has 1 aliphatic rings. The lowest BCUT2D eigenvalue weighted by Crippen LogP contribution is -2.49. The summed E-state index contributed by atoms with van der Waals surface area (Å²) in [5.41, 5.74) is 2.80. The van der Waals surface area contributed by atoms with Gasteiger partial charge in [0.15, 0.2) is 0 Å². The van der Waals surface area contributed by atoms with Crippen molar-refractivity contribution in [1.82, 2.24) is 14.8 Å². The van der Waals surface area contributed by atoms with E-state index >= 15 is 0 Å². The maximum atomic E-state index is 12.7. The molecule has 2 heterocycles. The number of anilines is 1. The first-order chi connectivity index (χ1) is 13.2. The number of para-hydroxylation sites is 1. The molecule has 0 radical (unpaired) electrons. The molecule has 1 aromatic heterocycles. The number of carbonyl (C=O) groups excluding carboxylic acids is 1. The van der Waals surface area contributed by atoms with Gasteiger partial charge in [0.05, 0.1) is 11.2 Å². The molecule has 1 N–H and O–H groups in total. The molecule has 1 aliphatic heterocycles. The molecule has 4 rings (SSSR count). The molecule has 0 spiro atoms. The highest BCUT2D eigenvalue weighted by molar-refractivity contribution is 6.30. The van der Waals surface area contributed by atoms with Crippen molar-refractivity contribution in [3.63, 3.8) is 0 Å². The van der Waals surface area contributed by atoms with Gasteiger partial charge in [-0.2, -0.15) is 0 Å². The van der Waals surface area contributed by atoms with Gasteiger partial charge in [0, 0.05) is 49.3 Å². The number of hydrogen-bond acceptors (Lipinski definition) is 3. The summed E-state index contributed by atoms with van der Waals surface area (Å²) in [5.74, 6) is 0. The van der Waals surface area contributed by atoms with E-state index in [0.717, 1.165) is 41.2 Å². The minimum atomic E-state index is -0.0701. The second-order valence-electron chi connectivity index (χ2n) is 6.70. The summed E-state index contributed by atoms with van der Waals surface area (Å²) in [6.45, 7) is 3.99. The number of aromatic nitrogens is 1. The molecule has 6 heteroatoms. The van der Waals surface area contributed by atoms with Crippen LogP contribution in [-0.4, -0.2) is 47.0 Å². The Kier molecular flexibility index (Phi) is 5.23. The van der Waals surface area contributed by atoms with Crippen LogP contribution in [0.4, 0.5) is 10.5 Å². The highest BCUT2D eigenvalue weighted by Gasteiger charge is 2.21. The zero-order valence-corrected chi connectivity index (χ0v) is 15.7. The van der Waals surface area contributed by atoms with Gasteiger partial charge in [-0.1, -0.05) is 41.9 Å². The number of benzene rings is 2. The Morgan fingerprint density at radius 3 is 2.52 bits per heavy atom. The van der Waals surface area contributed by atoms with Crippen LogP contribution in [0, 0.1) is 0 Å². The first-order valence-electron chi connectivity index (χ1n) is 9.05. The predicted octanol–water partition coefficient (Wildman–Crippen LogP) is 4.24. The number of hydrogen-bond donors (Lipinski definition) is 1. The van der Waals surface area contributed by atoms with Gasteiger partial charge in [0.25, 0.3) is 0 Å². The Hall–Kier alpha value is -2.63. The fourth-order valence-corrected chi connectivity index (χ4v) is 3.48. The van der Waals surface area contributed by atoms with Crippen molar-refractivity contribution >= 4 is 34.2 Å². The fourth-order valence-electron chi connectivity index (χ4n) is 3.36. The summed E-state index contributed by atoms with van der Waals surface area (Å²) < 4.78 is 0. The Morgan fingerprint density at radius 2 is 1.74 bits per heavy atom. The molecule has 2 amide bonds. The van der Waals surface area contributed by atoms with Gasteiger partial charge in [-0.15, -0.1) is 0 Å². The van der Waals surface area contributed by atoms with Crippen molar-refractivity contribution in [2.24, 2.45) is 0 Å². The molecule has 2 aromatic carbocycles. The van der Waals surface area contributed by atoms with E-state index in [1.807, 2.05) is 47.4 Å². The smallest absolute Gasteiger partial charge is 0.321 e. The van der Waals surface area contributed by atoms with Crippen LogP contribution in [0.1, 0.15) is 5.56 Å². The van der Waals surface area contributed by atoms with Gasteiger partial charge in [0.1, 0.15) is 0 Å². The Morgan fingerprint density at radius 1 is 1.00 bits per heavy atom. The second-order valence-corrected chi connectivity index (χ2v) is 7.14. The number of nitrogens with zero attached hydrogens (tertiary/aromatic N) is 3. The van der Waals surface area contributed by atoms with Crippen LogP contribution in [0.3, 0.4) is 0 Å². The normalized spacial score (nSPS) is 15.1. The first kappa shape index (κ1) is 17.8. The van der Waals surface area contributed by atoms with Crippen molar-refractivity contribution in [3.05, 3.63) is 71.4 Å². The molecule has 138 valence electrons. The van der Waals surface area contributed by atoms with Crippen LogP contribution >= 0.6 is 11.6 Å². The molecule has 0 unspecified atom stereocenters. The maximum Gasteiger partial charge on any atom is 0.321 e. The van der Waals surface area contributed by atoms with Crippen LogP contribution in [0.15, 0.2) is 60.8 Å². The van der Waals surface area contributed by atoms with Gasteiger partial charge >= 0.3 is 6.03 Å². The largest absolute Gasteiger partial charge is 0.322 e. The van der Waals surface area contributed by atoms with Crippen molar-refractivity contribution in [2.45, 2.75) is 6.54 Å². The van der Waals surface area contributed by atoms with E-state index in [9.17, 15) is 4.79 Å². The van der Waals surface area contributed by atoms with Crippen LogP contribution in [0.5, 0.6) is 0 Å². The van der Waals surface area contributed by atoms with Crippen molar-refractivity contribution < 1.29 is 4.79 Å². The van der Waals surface area contributed by atoms with Gasteiger partial charge in [-0.3, -0.25) is 9.88 Å². The number of rotatable bonds is 3. The number of halogens is 1. The third-order valence-electron chi connectivity index (χ3n) is 4.85. The minimum absolute atomic E-state index is 0.0701. The summed E-state index contributed by atoms with van der Waals surface area (Å²) in [4.78, 5) is 21.3. The van der Waals surface area contributed by atoms with Gasteiger partial charge < -0.3 is 10.2 Å². The zero-order chi connectivity index (χ0) is 18.6. The Balaban J connectivity index is 1.35. The van der Waals surface area contributed by atoms with Crippen molar-refractivity contribution in [3.8, 4) is 0 Å². The zero-order valence-electron chi connectivity index (χ0n) is 14.9. The quantitative estimate of drug-likeness (QED) is 0.739. The highest BCUT2D eigenvalue weighted by atomic mass is 35.5. The number of carbonyl (C=O) groups is 1. The lowest BCUT2D eigenvalue weighted by Gasteiger charge is -2.34. The monoisotopic (exact) mass is 380 g/mol. The van der Waals surface area contributed by atoms with E-state index in [1.54, 1.807) is 6.20 Å². The molecule has 5 nitrogen and oxygen atoms in total. The summed E-state index contributed by atoms with van der Waals surface area (Å²) in [6, 6.07) is 17.6. The second kappa shape index (κ2) is 7.94. The number of amides is 2. The topological polar surface area (TPSA) is 48.5 Å². The summed E-state index contributed by atoms with van der Waals surface area (Å²) in [5, 5.41) is 4.79. The lowest BCUT2D eigenvalue weighted by atomic mass is 10.2. The van der Waals surface area contributed by atoms with Gasteiger partial charge in [-0.05, 0) is 29.8 Å². The minimum Gasteiger partial charge on any atom is -0.322 e. The number of piperazine rings is 1. The molecular formula is C21H21ClN4O. The maximum absolute atomic E-state index is 12.7. The number of nitrogens with one attached hydrogen (secondary N) is 1. The average Bonchev–Trinajstić information content (AvgIpc) is 2.70. The van der Waals surface area contributed by atoms with E-state index in [0.29, 0.717) is 13.1 Å². The van der Waals surface area contributed by atoms with Crippen molar-refractivity contribution in [1.29, 1.82) is 0 Å². The fraction of sp³-hybridized carbons (Fsp3) is 0.238. The van der Waals surface area contributed by atoms with Crippen LogP contribution in [0.2, 0.25) is 5.02 Å². The number of urea groups is 1. The Labute approximate surface area is 163 Å². The summed E-state index contributed by atoms with van der Waals surface area (Å²) >= 11 is 5.94. The molecule has 0 atom stereocenters. The summed E-state index contributed by atoms with van der Waals surface area (Å²) in [7, 11) is 0. The Bertz CT molecular complexity index is 931. The van der Waals surface area contributed by atoms with E-state index in [-0.39, 0.29) is 6.03 Å². The van der Waals surface area contributed by atoms with E-state index in [4.69, 9.17) is 11.6 Å². The molecule has 1 fully saturated rings. The van der Waals surface area contributed by atoms with Crippen LogP contribution in [-0.2, 0) is 6.54 Å². The third kappa shape index (κ3) is 4.21. The predicted molar refractivity (Wildman–Crippen MR) is 109 cm³/mol. The van der Waals surface area contributed by atoms with Crippen LogP contribution < -0.4 is 5.32 Å². The van der Waals surface area contributed by atoms with E-state index < -0.39 is 0 Å². The van der Waals surface area contributed by atoms with Gasteiger partial charge in [0.2, 0.25) is 0 Å². The summed E-state index contributed by atoms with van der Waals surface area (Å²) in [6.07, 6.45) is 1.74. The SMILES string of the molecule is O=C(Nc1cccc2cccnc12)N1CCN(Cc2ccc(Cl)cc2)CC1. The number of fused-ring (bicyclic) bond motifs is 1.